The molecule has 6 heteroatoms. The molecule has 0 atom stereocenters. The van der Waals surface area contributed by atoms with Crippen LogP contribution in [0.4, 0.5) is 0 Å². The Labute approximate surface area is 138 Å². The fourth-order valence-corrected chi connectivity index (χ4v) is 2.85. The number of hydrogen-bond acceptors (Lipinski definition) is 2. The van der Waals surface area contributed by atoms with Crippen LogP contribution in [0.5, 0.6) is 0 Å². The van der Waals surface area contributed by atoms with Crippen LogP contribution in [0.25, 0.3) is 16.9 Å². The molecule has 0 saturated heterocycles. The van der Waals surface area contributed by atoms with Crippen LogP contribution >= 0.6 is 43.5 Å². The second-order valence-corrected chi connectivity index (χ2v) is 6.48. The molecule has 0 radical (unpaired) electrons. The van der Waals surface area contributed by atoms with Gasteiger partial charge in [0.25, 0.3) is 0 Å². The molecule has 0 aliphatic rings. The largest absolute Gasteiger partial charge is 0.281 e. The summed E-state index contributed by atoms with van der Waals surface area (Å²) < 4.78 is 4.01. The fraction of sp³-hybridized carbons (Fsp3) is 0.143. The maximum atomic E-state index is 5.89. The molecule has 1 aromatic carbocycles. The Morgan fingerprint density at radius 1 is 1.10 bits per heavy atom. The van der Waals surface area contributed by atoms with Crippen LogP contribution in [0.2, 0.25) is 0 Å². The van der Waals surface area contributed by atoms with Gasteiger partial charge in [0.15, 0.2) is 5.65 Å². The van der Waals surface area contributed by atoms with Gasteiger partial charge in [0.1, 0.15) is 11.3 Å². The van der Waals surface area contributed by atoms with Crippen molar-refractivity contribution < 1.29 is 0 Å². The predicted octanol–water partition coefficient (Wildman–Crippen LogP) is 4.73. The van der Waals surface area contributed by atoms with Gasteiger partial charge in [-0.05, 0) is 46.3 Å². The Kier molecular flexibility index (Phi) is 4.10. The molecular weight excluding hydrogens is 405 g/mol. The molecule has 0 spiro atoms. The number of pyridine rings is 1. The average molecular weight is 416 g/mol. The highest BCUT2D eigenvalue weighted by atomic mass is 79.9. The van der Waals surface area contributed by atoms with E-state index in [0.717, 1.165) is 31.6 Å². The number of imidazole rings is 1. The summed E-state index contributed by atoms with van der Waals surface area (Å²) in [6, 6.07) is 10.0. The van der Waals surface area contributed by atoms with Crippen molar-refractivity contribution in [2.75, 3.05) is 5.88 Å². The highest BCUT2D eigenvalue weighted by Gasteiger charge is 2.13. The molecule has 102 valence electrons. The van der Waals surface area contributed by atoms with Crippen LogP contribution in [0.3, 0.4) is 0 Å². The van der Waals surface area contributed by atoms with Crippen LogP contribution in [0, 0.1) is 0 Å². The fourth-order valence-electron chi connectivity index (χ4n) is 2.10. The molecule has 3 rings (SSSR count). The number of hydrogen-bond donors (Lipinski definition) is 0. The molecule has 2 heterocycles. The number of rotatable bonds is 3. The van der Waals surface area contributed by atoms with Crippen molar-refractivity contribution in [3.63, 3.8) is 0 Å². The van der Waals surface area contributed by atoms with Gasteiger partial charge >= 0.3 is 0 Å². The highest BCUT2D eigenvalue weighted by Crippen LogP contribution is 2.24. The summed E-state index contributed by atoms with van der Waals surface area (Å²) in [5.41, 5.74) is 2.74. The third-order valence-corrected chi connectivity index (χ3v) is 4.09. The van der Waals surface area contributed by atoms with Crippen molar-refractivity contribution in [3.05, 3.63) is 51.3 Å². The van der Waals surface area contributed by atoms with Crippen LogP contribution in [-0.2, 0) is 6.42 Å². The zero-order valence-corrected chi connectivity index (χ0v) is 14.3. The van der Waals surface area contributed by atoms with Crippen molar-refractivity contribution in [1.29, 1.82) is 0 Å². The van der Waals surface area contributed by atoms with E-state index in [4.69, 9.17) is 11.6 Å². The number of aromatic nitrogens is 3. The van der Waals surface area contributed by atoms with E-state index in [-0.39, 0.29) is 0 Å². The smallest absolute Gasteiger partial charge is 0.164 e. The summed E-state index contributed by atoms with van der Waals surface area (Å²) in [4.78, 5) is 9.12. The zero-order chi connectivity index (χ0) is 14.1. The molecule has 0 bridgehead atoms. The van der Waals surface area contributed by atoms with E-state index in [1.807, 2.05) is 30.3 Å². The van der Waals surface area contributed by atoms with Gasteiger partial charge in [-0.3, -0.25) is 4.57 Å². The van der Waals surface area contributed by atoms with Crippen molar-refractivity contribution in [2.45, 2.75) is 6.42 Å². The van der Waals surface area contributed by atoms with Crippen LogP contribution in [0.15, 0.2) is 45.5 Å². The Morgan fingerprint density at radius 3 is 2.55 bits per heavy atom. The monoisotopic (exact) mass is 413 g/mol. The quantitative estimate of drug-likeness (QED) is 0.579. The van der Waals surface area contributed by atoms with Gasteiger partial charge in [0.05, 0.1) is 0 Å². The Morgan fingerprint density at radius 2 is 1.85 bits per heavy atom. The van der Waals surface area contributed by atoms with E-state index in [9.17, 15) is 0 Å². The molecule has 0 N–H and O–H groups in total. The van der Waals surface area contributed by atoms with Gasteiger partial charge in [-0.1, -0.05) is 15.9 Å². The summed E-state index contributed by atoms with van der Waals surface area (Å²) in [5, 5.41) is 0. The van der Waals surface area contributed by atoms with Gasteiger partial charge in [-0.2, -0.15) is 0 Å². The molecule has 0 amide bonds. The van der Waals surface area contributed by atoms with Crippen LogP contribution in [-0.4, -0.2) is 20.4 Å². The first kappa shape index (κ1) is 14.0. The molecule has 0 fully saturated rings. The minimum absolute atomic E-state index is 0.529. The topological polar surface area (TPSA) is 30.7 Å². The summed E-state index contributed by atoms with van der Waals surface area (Å²) in [5.74, 6) is 1.45. The lowest BCUT2D eigenvalue weighted by Gasteiger charge is -2.08. The van der Waals surface area contributed by atoms with Gasteiger partial charge in [0.2, 0.25) is 0 Å². The minimum Gasteiger partial charge on any atom is -0.281 e. The number of alkyl halides is 1. The molecule has 3 nitrogen and oxygen atoms in total. The Bertz CT molecular complexity index is 753. The van der Waals surface area contributed by atoms with Crippen molar-refractivity contribution in [1.82, 2.24) is 14.5 Å². The molecule has 20 heavy (non-hydrogen) atoms. The summed E-state index contributed by atoms with van der Waals surface area (Å²) >= 11 is 12.8. The van der Waals surface area contributed by atoms with E-state index >= 15 is 0 Å². The number of aryl methyl sites for hydroxylation is 1. The third kappa shape index (κ3) is 2.62. The number of nitrogens with zero attached hydrogens (tertiary/aromatic N) is 3. The first-order valence-corrected chi connectivity index (χ1v) is 8.16. The second-order valence-electron chi connectivity index (χ2n) is 4.28. The Balaban J connectivity index is 2.25. The normalized spacial score (nSPS) is 11.2. The SMILES string of the molecule is ClCCc1nc2cc(Br)cnc2n1-c1ccc(Br)cc1. The van der Waals surface area contributed by atoms with E-state index in [1.165, 1.54) is 0 Å². The summed E-state index contributed by atoms with van der Waals surface area (Å²) in [6.07, 6.45) is 2.48. The van der Waals surface area contributed by atoms with Gasteiger partial charge < -0.3 is 0 Å². The number of benzene rings is 1. The highest BCUT2D eigenvalue weighted by molar-refractivity contribution is 9.10. The standard InChI is InChI=1S/C14H10Br2ClN3/c15-9-1-3-11(4-2-9)20-13(5-6-17)19-12-7-10(16)8-18-14(12)20/h1-4,7-8H,5-6H2. The predicted molar refractivity (Wildman–Crippen MR) is 88.7 cm³/mol. The molecule has 0 saturated carbocycles. The summed E-state index contributed by atoms with van der Waals surface area (Å²) in [6.45, 7) is 0. The van der Waals surface area contributed by atoms with E-state index in [1.54, 1.807) is 6.20 Å². The molecule has 2 aromatic heterocycles. The maximum absolute atomic E-state index is 5.89. The first-order chi connectivity index (χ1) is 9.69. The molecule has 0 aliphatic carbocycles. The van der Waals surface area contributed by atoms with Crippen molar-refractivity contribution in [2.24, 2.45) is 0 Å². The van der Waals surface area contributed by atoms with Crippen LogP contribution < -0.4 is 0 Å². The van der Waals surface area contributed by atoms with Gasteiger partial charge in [-0.25, -0.2) is 9.97 Å². The first-order valence-electron chi connectivity index (χ1n) is 6.04. The van der Waals surface area contributed by atoms with E-state index < -0.39 is 0 Å². The zero-order valence-electron chi connectivity index (χ0n) is 10.4. The maximum Gasteiger partial charge on any atom is 0.164 e. The van der Waals surface area contributed by atoms with Crippen LogP contribution in [0.1, 0.15) is 5.82 Å². The van der Waals surface area contributed by atoms with Gasteiger partial charge in [0, 0.05) is 33.1 Å². The molecule has 0 aliphatic heterocycles. The summed E-state index contributed by atoms with van der Waals surface area (Å²) in [7, 11) is 0. The average Bonchev–Trinajstić information content (AvgIpc) is 2.77. The second kappa shape index (κ2) is 5.84. The third-order valence-electron chi connectivity index (χ3n) is 2.94. The lowest BCUT2D eigenvalue weighted by Crippen LogP contribution is -2.02. The van der Waals surface area contributed by atoms with E-state index in [2.05, 4.69) is 46.4 Å². The van der Waals surface area contributed by atoms with E-state index in [0.29, 0.717) is 12.3 Å². The molecule has 0 unspecified atom stereocenters. The number of fused-ring (bicyclic) bond motifs is 1. The molecule has 3 aromatic rings. The minimum atomic E-state index is 0.529. The lowest BCUT2D eigenvalue weighted by atomic mass is 10.3. The Hall–Kier alpha value is -0.910. The lowest BCUT2D eigenvalue weighted by molar-refractivity contribution is 0.905. The van der Waals surface area contributed by atoms with Crippen molar-refractivity contribution >= 4 is 54.6 Å². The van der Waals surface area contributed by atoms with Crippen molar-refractivity contribution in [3.8, 4) is 5.69 Å². The van der Waals surface area contributed by atoms with Gasteiger partial charge in [-0.15, -0.1) is 11.6 Å². The number of halogens is 3. The molecular formula is C14H10Br2ClN3.